The van der Waals surface area contributed by atoms with Gasteiger partial charge in [-0.2, -0.15) is 0 Å². The van der Waals surface area contributed by atoms with Gasteiger partial charge in [0.2, 0.25) is 0 Å². The van der Waals surface area contributed by atoms with E-state index in [-0.39, 0.29) is 0 Å². The molecule has 2 rings (SSSR count). The predicted molar refractivity (Wildman–Crippen MR) is 95.5 cm³/mol. The smallest absolute Gasteiger partial charge is 0.118 e. The molecule has 0 amide bonds. The van der Waals surface area contributed by atoms with Gasteiger partial charge >= 0.3 is 0 Å². The molecule has 0 heterocycles. The van der Waals surface area contributed by atoms with Crippen LogP contribution in [0.2, 0.25) is 0 Å². The first kappa shape index (κ1) is 17.4. The Morgan fingerprint density at radius 3 is 1.35 bits per heavy atom. The van der Waals surface area contributed by atoms with Gasteiger partial charge in [0, 0.05) is 12.1 Å². The zero-order valence-corrected chi connectivity index (χ0v) is 14.5. The van der Waals surface area contributed by atoms with Gasteiger partial charge in [-0.25, -0.2) is 0 Å². The molecule has 0 radical (unpaired) electrons. The molecule has 124 valence electrons. The normalized spacial score (nSPS) is 13.4. The molecule has 0 aliphatic carbocycles. The minimum absolute atomic E-state index is 0.427. The van der Waals surface area contributed by atoms with Crippen molar-refractivity contribution in [1.29, 1.82) is 0 Å². The fourth-order valence-corrected chi connectivity index (χ4v) is 2.83. The average molecular weight is 313 g/mol. The van der Waals surface area contributed by atoms with E-state index >= 15 is 0 Å². The van der Waals surface area contributed by atoms with Gasteiger partial charge in [0.15, 0.2) is 0 Å². The van der Waals surface area contributed by atoms with E-state index in [4.69, 9.17) is 9.47 Å². The first-order chi connectivity index (χ1) is 11.1. The molecule has 0 fully saturated rings. The fraction of sp³-hybridized carbons (Fsp3) is 0.400. The fourth-order valence-electron chi connectivity index (χ4n) is 2.83. The number of nitrogens with one attached hydrogen (secondary N) is 1. The van der Waals surface area contributed by atoms with Crippen molar-refractivity contribution in [2.45, 2.75) is 38.8 Å². The molecule has 23 heavy (non-hydrogen) atoms. The van der Waals surface area contributed by atoms with Gasteiger partial charge in [-0.1, -0.05) is 24.3 Å². The minimum Gasteiger partial charge on any atom is -0.497 e. The second-order valence-corrected chi connectivity index (χ2v) is 6.07. The van der Waals surface area contributed by atoms with E-state index in [0.29, 0.717) is 12.1 Å². The summed E-state index contributed by atoms with van der Waals surface area (Å²) < 4.78 is 10.4. The summed E-state index contributed by atoms with van der Waals surface area (Å²) in [5, 5.41) is 3.67. The third kappa shape index (κ3) is 5.61. The van der Waals surface area contributed by atoms with Gasteiger partial charge < -0.3 is 14.8 Å². The van der Waals surface area contributed by atoms with Crippen LogP contribution >= 0.6 is 0 Å². The lowest BCUT2D eigenvalue weighted by Crippen LogP contribution is -2.37. The van der Waals surface area contributed by atoms with Crippen LogP contribution in [-0.2, 0) is 12.8 Å². The summed E-state index contributed by atoms with van der Waals surface area (Å²) in [6.45, 7) is 4.46. The maximum Gasteiger partial charge on any atom is 0.118 e. The lowest BCUT2D eigenvalue weighted by atomic mass is 10.0. The molecule has 0 aliphatic heterocycles. The van der Waals surface area contributed by atoms with Gasteiger partial charge in [-0.3, -0.25) is 0 Å². The Labute approximate surface area is 139 Å². The summed E-state index contributed by atoms with van der Waals surface area (Å²) in [4.78, 5) is 0. The Hall–Kier alpha value is -2.00. The molecular formula is C20H27NO2. The second kappa shape index (κ2) is 8.59. The molecule has 0 aliphatic rings. The molecule has 2 unspecified atom stereocenters. The van der Waals surface area contributed by atoms with Crippen molar-refractivity contribution in [2.24, 2.45) is 0 Å². The first-order valence-electron chi connectivity index (χ1n) is 8.12. The Balaban J connectivity index is 1.82. The van der Waals surface area contributed by atoms with Crippen LogP contribution < -0.4 is 14.8 Å². The van der Waals surface area contributed by atoms with E-state index in [0.717, 1.165) is 24.3 Å². The quantitative estimate of drug-likeness (QED) is 0.803. The van der Waals surface area contributed by atoms with Gasteiger partial charge in [0.1, 0.15) is 11.5 Å². The summed E-state index contributed by atoms with van der Waals surface area (Å²) in [5.41, 5.74) is 2.64. The van der Waals surface area contributed by atoms with Crippen LogP contribution in [0.25, 0.3) is 0 Å². The predicted octanol–water partition coefficient (Wildman–Crippen LogP) is 3.86. The van der Waals surface area contributed by atoms with Gasteiger partial charge in [-0.15, -0.1) is 0 Å². The zero-order valence-electron chi connectivity index (χ0n) is 14.5. The number of benzene rings is 2. The molecule has 3 heteroatoms. The highest BCUT2D eigenvalue weighted by Gasteiger charge is 2.09. The zero-order chi connectivity index (χ0) is 16.7. The van der Waals surface area contributed by atoms with Crippen molar-refractivity contribution in [3.05, 3.63) is 59.7 Å². The molecule has 1 N–H and O–H groups in total. The molecule has 2 aromatic rings. The Morgan fingerprint density at radius 2 is 1.04 bits per heavy atom. The van der Waals surface area contributed by atoms with Crippen molar-refractivity contribution in [1.82, 2.24) is 5.32 Å². The van der Waals surface area contributed by atoms with Crippen molar-refractivity contribution in [3.8, 4) is 11.5 Å². The maximum atomic E-state index is 5.20. The monoisotopic (exact) mass is 313 g/mol. The van der Waals surface area contributed by atoms with E-state index in [1.165, 1.54) is 11.1 Å². The van der Waals surface area contributed by atoms with Crippen LogP contribution in [0.15, 0.2) is 48.5 Å². The standard InChI is InChI=1S/C20H27NO2/c1-15(13-17-5-9-19(22-3)10-6-17)21-16(2)14-18-7-11-20(23-4)12-8-18/h5-12,15-16,21H,13-14H2,1-4H3. The second-order valence-electron chi connectivity index (χ2n) is 6.07. The summed E-state index contributed by atoms with van der Waals surface area (Å²) in [5.74, 6) is 1.81. The van der Waals surface area contributed by atoms with Crippen LogP contribution in [0.4, 0.5) is 0 Å². The van der Waals surface area contributed by atoms with Crippen molar-refractivity contribution in [3.63, 3.8) is 0 Å². The molecule has 2 aromatic carbocycles. The molecule has 0 saturated heterocycles. The topological polar surface area (TPSA) is 30.5 Å². The Bertz CT molecular complexity index is 524. The Morgan fingerprint density at radius 1 is 0.696 bits per heavy atom. The van der Waals surface area contributed by atoms with E-state index in [2.05, 4.69) is 43.4 Å². The highest BCUT2D eigenvalue weighted by molar-refractivity contribution is 5.28. The van der Waals surface area contributed by atoms with Crippen LogP contribution in [0.3, 0.4) is 0 Å². The van der Waals surface area contributed by atoms with Crippen LogP contribution in [0.1, 0.15) is 25.0 Å². The highest BCUT2D eigenvalue weighted by Crippen LogP contribution is 2.14. The molecule has 0 saturated carbocycles. The van der Waals surface area contributed by atoms with E-state index in [1.807, 2.05) is 24.3 Å². The SMILES string of the molecule is COc1ccc(CC(C)NC(C)Cc2ccc(OC)cc2)cc1. The molecule has 0 spiro atoms. The number of rotatable bonds is 8. The lowest BCUT2D eigenvalue weighted by molar-refractivity contribution is 0.414. The van der Waals surface area contributed by atoms with Gasteiger partial charge in [0.25, 0.3) is 0 Å². The largest absolute Gasteiger partial charge is 0.497 e. The van der Waals surface area contributed by atoms with Crippen molar-refractivity contribution < 1.29 is 9.47 Å². The summed E-state index contributed by atoms with van der Waals surface area (Å²) in [7, 11) is 3.39. The Kier molecular flexibility index (Phi) is 6.48. The average Bonchev–Trinajstić information content (AvgIpc) is 2.56. The van der Waals surface area contributed by atoms with Crippen LogP contribution in [0, 0.1) is 0 Å². The van der Waals surface area contributed by atoms with Crippen molar-refractivity contribution in [2.75, 3.05) is 14.2 Å². The maximum absolute atomic E-state index is 5.20. The molecule has 3 nitrogen and oxygen atoms in total. The molecule has 0 aromatic heterocycles. The van der Waals surface area contributed by atoms with E-state index in [1.54, 1.807) is 14.2 Å². The van der Waals surface area contributed by atoms with Gasteiger partial charge in [-0.05, 0) is 62.1 Å². The first-order valence-corrected chi connectivity index (χ1v) is 8.12. The van der Waals surface area contributed by atoms with Crippen molar-refractivity contribution >= 4 is 0 Å². The number of hydrogen-bond acceptors (Lipinski definition) is 3. The highest BCUT2D eigenvalue weighted by atomic mass is 16.5. The molecule has 2 atom stereocenters. The van der Waals surface area contributed by atoms with E-state index in [9.17, 15) is 0 Å². The molecule has 0 bridgehead atoms. The van der Waals surface area contributed by atoms with Gasteiger partial charge in [0.05, 0.1) is 14.2 Å². The number of methoxy groups -OCH3 is 2. The van der Waals surface area contributed by atoms with E-state index < -0.39 is 0 Å². The number of ether oxygens (including phenoxy) is 2. The van der Waals surface area contributed by atoms with Crippen LogP contribution in [-0.4, -0.2) is 26.3 Å². The number of hydrogen-bond donors (Lipinski definition) is 1. The summed E-state index contributed by atoms with van der Waals surface area (Å²) in [6.07, 6.45) is 2.02. The third-order valence-electron chi connectivity index (χ3n) is 3.97. The minimum atomic E-state index is 0.427. The lowest BCUT2D eigenvalue weighted by Gasteiger charge is -2.20. The van der Waals surface area contributed by atoms with Crippen LogP contribution in [0.5, 0.6) is 11.5 Å². The summed E-state index contributed by atoms with van der Waals surface area (Å²) in [6, 6.07) is 17.4. The third-order valence-corrected chi connectivity index (χ3v) is 3.97. The summed E-state index contributed by atoms with van der Waals surface area (Å²) >= 11 is 0. The molecular weight excluding hydrogens is 286 g/mol.